The van der Waals surface area contributed by atoms with Gasteiger partial charge in [0, 0.05) is 20.2 Å². The molecule has 0 saturated carbocycles. The van der Waals surface area contributed by atoms with E-state index in [9.17, 15) is 0 Å². The van der Waals surface area contributed by atoms with E-state index >= 15 is 0 Å². The van der Waals surface area contributed by atoms with Crippen LogP contribution in [0.15, 0.2) is 46.1 Å². The molecule has 1 aromatic heterocycles. The van der Waals surface area contributed by atoms with Gasteiger partial charge < -0.3 is 20.1 Å². The Labute approximate surface area is 183 Å². The van der Waals surface area contributed by atoms with Crippen LogP contribution in [0.4, 0.5) is 0 Å². The largest absolute Gasteiger partial charge is 0.491 e. The predicted octanol–water partition coefficient (Wildman–Crippen LogP) is 4.25. The van der Waals surface area contributed by atoms with Crippen LogP contribution in [-0.4, -0.2) is 39.4 Å². The number of aliphatic imine (C=N–C) groups is 1. The monoisotopic (exact) mass is 503 g/mol. The van der Waals surface area contributed by atoms with Crippen molar-refractivity contribution in [2.75, 3.05) is 33.4 Å². The van der Waals surface area contributed by atoms with Crippen molar-refractivity contribution in [3.8, 4) is 5.75 Å². The molecule has 1 unspecified atom stereocenters. The van der Waals surface area contributed by atoms with Crippen LogP contribution in [-0.2, 0) is 11.3 Å². The van der Waals surface area contributed by atoms with Gasteiger partial charge in [-0.2, -0.15) is 11.3 Å². The number of thiophene rings is 1. The van der Waals surface area contributed by atoms with Crippen LogP contribution < -0.4 is 15.4 Å². The first-order valence-electron chi connectivity index (χ1n) is 8.98. The van der Waals surface area contributed by atoms with Crippen molar-refractivity contribution in [1.29, 1.82) is 0 Å². The van der Waals surface area contributed by atoms with Gasteiger partial charge in [0.05, 0.1) is 13.2 Å². The molecule has 0 spiro atoms. The number of halogens is 1. The first-order chi connectivity index (χ1) is 12.7. The van der Waals surface area contributed by atoms with E-state index in [-0.39, 0.29) is 24.0 Å². The fourth-order valence-corrected chi connectivity index (χ4v) is 3.19. The fraction of sp³-hybridized carbons (Fsp3) is 0.450. The fourth-order valence-electron chi connectivity index (χ4n) is 2.41. The molecule has 2 aromatic rings. The van der Waals surface area contributed by atoms with Crippen LogP contribution in [0.25, 0.3) is 0 Å². The van der Waals surface area contributed by atoms with Gasteiger partial charge in [-0.1, -0.05) is 19.1 Å². The lowest BCUT2D eigenvalue weighted by molar-refractivity contribution is 0.146. The molecule has 1 heterocycles. The summed E-state index contributed by atoms with van der Waals surface area (Å²) in [5.74, 6) is 2.13. The molecule has 0 radical (unpaired) electrons. The molecule has 27 heavy (non-hydrogen) atoms. The van der Waals surface area contributed by atoms with Crippen molar-refractivity contribution < 1.29 is 9.47 Å². The molecule has 0 saturated heterocycles. The second-order valence-corrected chi connectivity index (χ2v) is 6.80. The van der Waals surface area contributed by atoms with Crippen molar-refractivity contribution >= 4 is 41.3 Å². The third-order valence-corrected chi connectivity index (χ3v) is 4.61. The highest BCUT2D eigenvalue weighted by molar-refractivity contribution is 14.0. The maximum absolute atomic E-state index is 5.66. The SMILES string of the molecule is CCNC(=NCc1cccc(OCCOC)c1)NCC(C)c1ccsc1.I. The lowest BCUT2D eigenvalue weighted by Crippen LogP contribution is -2.39. The zero-order chi connectivity index (χ0) is 18.6. The van der Waals surface area contributed by atoms with Gasteiger partial charge in [-0.25, -0.2) is 4.99 Å². The quantitative estimate of drug-likeness (QED) is 0.220. The highest BCUT2D eigenvalue weighted by Gasteiger charge is 2.07. The smallest absolute Gasteiger partial charge is 0.191 e. The van der Waals surface area contributed by atoms with Gasteiger partial charge in [0.1, 0.15) is 12.4 Å². The van der Waals surface area contributed by atoms with Gasteiger partial charge >= 0.3 is 0 Å². The Morgan fingerprint density at radius 3 is 2.78 bits per heavy atom. The molecule has 0 amide bonds. The summed E-state index contributed by atoms with van der Waals surface area (Å²) in [4.78, 5) is 4.69. The minimum atomic E-state index is 0. The van der Waals surface area contributed by atoms with Gasteiger partial charge in [0.2, 0.25) is 0 Å². The predicted molar refractivity (Wildman–Crippen MR) is 125 cm³/mol. The summed E-state index contributed by atoms with van der Waals surface area (Å²) < 4.78 is 10.7. The lowest BCUT2D eigenvalue weighted by atomic mass is 10.1. The van der Waals surface area contributed by atoms with Crippen molar-refractivity contribution in [3.05, 3.63) is 52.2 Å². The van der Waals surface area contributed by atoms with E-state index in [4.69, 9.17) is 14.5 Å². The number of nitrogens with one attached hydrogen (secondary N) is 2. The van der Waals surface area contributed by atoms with Crippen LogP contribution >= 0.6 is 35.3 Å². The summed E-state index contributed by atoms with van der Waals surface area (Å²) in [5.41, 5.74) is 2.47. The minimum Gasteiger partial charge on any atom is -0.491 e. The van der Waals surface area contributed by atoms with Gasteiger partial charge in [-0.3, -0.25) is 0 Å². The summed E-state index contributed by atoms with van der Waals surface area (Å²) >= 11 is 1.73. The minimum absolute atomic E-state index is 0. The van der Waals surface area contributed by atoms with Gasteiger partial charge in [0.25, 0.3) is 0 Å². The number of nitrogens with zero attached hydrogens (tertiary/aromatic N) is 1. The standard InChI is InChI=1S/C20H29N3O2S.HI/c1-4-21-20(22-13-16(2)18-8-11-26-15-18)23-14-17-6-5-7-19(12-17)25-10-9-24-3;/h5-8,11-12,15-16H,4,9-10,13-14H2,1-3H3,(H2,21,22,23);1H. The molecule has 2 rings (SSSR count). The van der Waals surface area contributed by atoms with Gasteiger partial charge in [0.15, 0.2) is 5.96 Å². The topological polar surface area (TPSA) is 54.9 Å². The molecule has 5 nitrogen and oxygen atoms in total. The second kappa shape index (κ2) is 13.8. The lowest BCUT2D eigenvalue weighted by Gasteiger charge is -2.15. The highest BCUT2D eigenvalue weighted by Crippen LogP contribution is 2.17. The maximum atomic E-state index is 5.66. The summed E-state index contributed by atoms with van der Waals surface area (Å²) in [5, 5.41) is 11.1. The van der Waals surface area contributed by atoms with Crippen LogP contribution in [0.3, 0.4) is 0 Å². The van der Waals surface area contributed by atoms with Crippen LogP contribution in [0.5, 0.6) is 5.75 Å². The number of methoxy groups -OCH3 is 1. The van der Waals surface area contributed by atoms with E-state index < -0.39 is 0 Å². The van der Waals surface area contributed by atoms with Crippen LogP contribution in [0.1, 0.15) is 30.9 Å². The average molecular weight is 503 g/mol. The van der Waals surface area contributed by atoms with Crippen molar-refractivity contribution in [1.82, 2.24) is 10.6 Å². The number of hydrogen-bond acceptors (Lipinski definition) is 4. The number of ether oxygens (including phenoxy) is 2. The number of benzene rings is 1. The molecular formula is C20H30IN3O2S. The number of guanidine groups is 1. The summed E-state index contributed by atoms with van der Waals surface area (Å²) in [7, 11) is 1.67. The van der Waals surface area contributed by atoms with Crippen molar-refractivity contribution in [2.45, 2.75) is 26.3 Å². The summed E-state index contributed by atoms with van der Waals surface area (Å²) in [6.07, 6.45) is 0. The zero-order valence-corrected chi connectivity index (χ0v) is 19.4. The molecule has 0 aliphatic rings. The zero-order valence-electron chi connectivity index (χ0n) is 16.2. The number of hydrogen-bond donors (Lipinski definition) is 2. The van der Waals surface area contributed by atoms with Crippen LogP contribution in [0.2, 0.25) is 0 Å². The Bertz CT molecular complexity index is 665. The molecule has 0 fully saturated rings. The van der Waals surface area contributed by atoms with E-state index in [0.29, 0.717) is 25.7 Å². The van der Waals surface area contributed by atoms with Crippen LogP contribution in [0, 0.1) is 0 Å². The van der Waals surface area contributed by atoms with E-state index in [2.05, 4.69) is 47.4 Å². The first-order valence-corrected chi connectivity index (χ1v) is 9.92. The number of rotatable bonds is 10. The average Bonchev–Trinajstić information content (AvgIpc) is 3.19. The molecule has 0 aliphatic heterocycles. The Kier molecular flexibility index (Phi) is 12.1. The molecule has 150 valence electrons. The first kappa shape index (κ1) is 23.7. The van der Waals surface area contributed by atoms with Gasteiger partial charge in [-0.05, 0) is 52.9 Å². The van der Waals surface area contributed by atoms with Crippen molar-refractivity contribution in [2.24, 2.45) is 4.99 Å². The van der Waals surface area contributed by atoms with Crippen molar-refractivity contribution in [3.63, 3.8) is 0 Å². The molecule has 1 aromatic carbocycles. The van der Waals surface area contributed by atoms with Gasteiger partial charge in [-0.15, -0.1) is 24.0 Å². The van der Waals surface area contributed by atoms with E-state index in [0.717, 1.165) is 30.4 Å². The Morgan fingerprint density at radius 2 is 2.07 bits per heavy atom. The molecule has 7 heteroatoms. The molecule has 2 N–H and O–H groups in total. The highest BCUT2D eigenvalue weighted by atomic mass is 127. The third-order valence-electron chi connectivity index (χ3n) is 3.91. The summed E-state index contributed by atoms with van der Waals surface area (Å²) in [6, 6.07) is 10.2. The van der Waals surface area contributed by atoms with E-state index in [1.165, 1.54) is 5.56 Å². The van der Waals surface area contributed by atoms with E-state index in [1.54, 1.807) is 18.4 Å². The second-order valence-electron chi connectivity index (χ2n) is 6.02. The molecule has 0 bridgehead atoms. The Balaban J connectivity index is 0.00000364. The Morgan fingerprint density at radius 1 is 1.22 bits per heavy atom. The molecule has 0 aliphatic carbocycles. The third kappa shape index (κ3) is 8.94. The molecular weight excluding hydrogens is 473 g/mol. The molecule has 1 atom stereocenters. The normalized spacial score (nSPS) is 12.2. The summed E-state index contributed by atoms with van der Waals surface area (Å²) in [6.45, 7) is 7.71. The van der Waals surface area contributed by atoms with E-state index in [1.807, 2.05) is 18.2 Å². The maximum Gasteiger partial charge on any atom is 0.191 e. The Hall–Kier alpha value is -1.32.